The summed E-state index contributed by atoms with van der Waals surface area (Å²) < 4.78 is 0. The van der Waals surface area contributed by atoms with E-state index < -0.39 is 0 Å². The van der Waals surface area contributed by atoms with Crippen LogP contribution in [0, 0.1) is 6.92 Å². The number of amides is 1. The van der Waals surface area contributed by atoms with Gasteiger partial charge in [0.2, 0.25) is 5.91 Å². The third kappa shape index (κ3) is 4.44. The summed E-state index contributed by atoms with van der Waals surface area (Å²) in [7, 11) is 0. The molecule has 3 rings (SSSR count). The molecule has 5 nitrogen and oxygen atoms in total. The molecule has 0 unspecified atom stereocenters. The van der Waals surface area contributed by atoms with Crippen molar-refractivity contribution in [2.75, 3.05) is 13.1 Å². The van der Waals surface area contributed by atoms with E-state index in [0.29, 0.717) is 6.54 Å². The molecule has 0 aliphatic carbocycles. The Labute approximate surface area is 153 Å². The van der Waals surface area contributed by atoms with Crippen molar-refractivity contribution in [1.82, 2.24) is 20.2 Å². The number of thiazole rings is 1. The van der Waals surface area contributed by atoms with Crippen LogP contribution in [0.5, 0.6) is 0 Å². The number of aromatic nitrogens is 2. The summed E-state index contributed by atoms with van der Waals surface area (Å²) in [5, 5.41) is 4.29. The number of nitrogens with one attached hydrogen (secondary N) is 1. The van der Waals surface area contributed by atoms with Gasteiger partial charge in [0.15, 0.2) is 0 Å². The van der Waals surface area contributed by atoms with Gasteiger partial charge >= 0.3 is 0 Å². The number of hydrogen-bond donors (Lipinski definition) is 1. The zero-order valence-electron chi connectivity index (χ0n) is 15.0. The molecule has 2 aromatic heterocycles. The predicted molar refractivity (Wildman–Crippen MR) is 100 cm³/mol. The molecular formula is C19H26N4OS. The molecule has 2 aromatic rings. The van der Waals surface area contributed by atoms with E-state index in [9.17, 15) is 4.79 Å². The van der Waals surface area contributed by atoms with Crippen molar-refractivity contribution in [3.63, 3.8) is 0 Å². The van der Waals surface area contributed by atoms with Gasteiger partial charge < -0.3 is 5.32 Å². The quantitative estimate of drug-likeness (QED) is 0.825. The Bertz CT molecular complexity index is 695. The van der Waals surface area contributed by atoms with Gasteiger partial charge in [0.25, 0.3) is 0 Å². The first-order valence-electron chi connectivity index (χ1n) is 9.06. The molecule has 0 bridgehead atoms. The smallest absolute Gasteiger partial charge is 0.242 e. The van der Waals surface area contributed by atoms with Crippen LogP contribution in [0.15, 0.2) is 24.5 Å². The fourth-order valence-corrected chi connectivity index (χ4v) is 4.41. The molecule has 0 spiro atoms. The van der Waals surface area contributed by atoms with E-state index in [4.69, 9.17) is 0 Å². The molecule has 1 aliphatic rings. The topological polar surface area (TPSA) is 58.1 Å². The first-order valence-corrected chi connectivity index (χ1v) is 9.87. The van der Waals surface area contributed by atoms with Crippen molar-refractivity contribution >= 4 is 17.2 Å². The number of rotatable bonds is 7. The van der Waals surface area contributed by atoms with Crippen LogP contribution in [0.4, 0.5) is 0 Å². The van der Waals surface area contributed by atoms with E-state index in [2.05, 4.69) is 27.1 Å². The van der Waals surface area contributed by atoms with Crippen molar-refractivity contribution < 1.29 is 4.79 Å². The van der Waals surface area contributed by atoms with Crippen molar-refractivity contribution in [1.29, 1.82) is 0 Å². The Morgan fingerprint density at radius 2 is 2.20 bits per heavy atom. The zero-order chi connectivity index (χ0) is 17.6. The summed E-state index contributed by atoms with van der Waals surface area (Å²) in [4.78, 5) is 25.2. The summed E-state index contributed by atoms with van der Waals surface area (Å²) >= 11 is 1.71. The lowest BCUT2D eigenvalue weighted by atomic mass is 10.1. The van der Waals surface area contributed by atoms with Crippen LogP contribution in [0.1, 0.15) is 53.4 Å². The second-order valence-electron chi connectivity index (χ2n) is 6.52. The molecule has 1 aliphatic heterocycles. The lowest BCUT2D eigenvalue weighted by molar-refractivity contribution is -0.126. The van der Waals surface area contributed by atoms with E-state index in [1.54, 1.807) is 23.7 Å². The number of carbonyl (C=O) groups excluding carboxylic acids is 1. The maximum Gasteiger partial charge on any atom is 0.242 e. The second kappa shape index (κ2) is 8.54. The molecule has 0 aromatic carbocycles. The van der Waals surface area contributed by atoms with Gasteiger partial charge in [0.05, 0.1) is 17.2 Å². The molecule has 1 fully saturated rings. The van der Waals surface area contributed by atoms with Crippen molar-refractivity contribution in [3.8, 4) is 0 Å². The highest BCUT2D eigenvalue weighted by molar-refractivity contribution is 7.11. The third-order valence-corrected chi connectivity index (χ3v) is 5.80. The number of hydrogen-bond acceptors (Lipinski definition) is 5. The minimum atomic E-state index is -0.250. The number of carbonyl (C=O) groups is 1. The normalized spacial score (nSPS) is 16.1. The molecule has 0 radical (unpaired) electrons. The zero-order valence-corrected chi connectivity index (χ0v) is 15.8. The Hall–Kier alpha value is -1.79. The summed E-state index contributed by atoms with van der Waals surface area (Å²) in [6.07, 6.45) is 7.96. The van der Waals surface area contributed by atoms with Gasteiger partial charge in [-0.1, -0.05) is 13.0 Å². The number of nitrogens with zero attached hydrogens (tertiary/aromatic N) is 3. The van der Waals surface area contributed by atoms with Gasteiger partial charge in [-0.05, 0) is 57.3 Å². The summed E-state index contributed by atoms with van der Waals surface area (Å²) in [6, 6.07) is 3.64. The third-order valence-electron chi connectivity index (χ3n) is 4.58. The van der Waals surface area contributed by atoms with Crippen LogP contribution in [0.2, 0.25) is 0 Å². The second-order valence-corrected chi connectivity index (χ2v) is 7.68. The monoisotopic (exact) mass is 358 g/mol. The van der Waals surface area contributed by atoms with Gasteiger partial charge in [-0.15, -0.1) is 11.3 Å². The van der Waals surface area contributed by atoms with Crippen LogP contribution in [0.3, 0.4) is 0 Å². The molecule has 1 atom stereocenters. The molecule has 1 saturated heterocycles. The van der Waals surface area contributed by atoms with Gasteiger partial charge in [0, 0.05) is 17.3 Å². The number of aryl methyl sites for hydroxylation is 2. The van der Waals surface area contributed by atoms with Crippen molar-refractivity contribution in [2.45, 2.75) is 52.1 Å². The first-order chi connectivity index (χ1) is 12.2. The average Bonchev–Trinajstić information content (AvgIpc) is 3.25. The first kappa shape index (κ1) is 18.0. The van der Waals surface area contributed by atoms with E-state index in [0.717, 1.165) is 59.9 Å². The van der Waals surface area contributed by atoms with E-state index >= 15 is 0 Å². The average molecular weight is 359 g/mol. The fraction of sp³-hybridized carbons (Fsp3) is 0.526. The van der Waals surface area contributed by atoms with Crippen LogP contribution >= 0.6 is 11.3 Å². The number of likely N-dealkylation sites (tertiary alicyclic amines) is 1. The lowest BCUT2D eigenvalue weighted by Crippen LogP contribution is -2.39. The van der Waals surface area contributed by atoms with Gasteiger partial charge in [0.1, 0.15) is 6.04 Å². The summed E-state index contributed by atoms with van der Waals surface area (Å²) in [6.45, 7) is 6.67. The van der Waals surface area contributed by atoms with E-state index in [1.807, 2.05) is 19.1 Å². The van der Waals surface area contributed by atoms with Gasteiger partial charge in [-0.3, -0.25) is 14.7 Å². The molecule has 0 saturated carbocycles. The molecule has 1 amide bonds. The van der Waals surface area contributed by atoms with Gasteiger partial charge in [-0.2, -0.15) is 0 Å². The van der Waals surface area contributed by atoms with E-state index in [-0.39, 0.29) is 11.9 Å². The van der Waals surface area contributed by atoms with Gasteiger partial charge in [-0.25, -0.2) is 4.98 Å². The molecule has 134 valence electrons. The molecule has 25 heavy (non-hydrogen) atoms. The largest absolute Gasteiger partial charge is 0.349 e. The Balaban J connectivity index is 1.70. The minimum absolute atomic E-state index is 0.0553. The highest BCUT2D eigenvalue weighted by atomic mass is 32.1. The van der Waals surface area contributed by atoms with Crippen molar-refractivity contribution in [3.05, 3.63) is 45.7 Å². The molecule has 3 heterocycles. The molecule has 1 N–H and O–H groups in total. The van der Waals surface area contributed by atoms with Crippen LogP contribution < -0.4 is 5.32 Å². The Morgan fingerprint density at radius 3 is 2.88 bits per heavy atom. The fourth-order valence-electron chi connectivity index (χ4n) is 3.30. The lowest BCUT2D eigenvalue weighted by Gasteiger charge is -2.26. The number of pyridine rings is 1. The Kier molecular flexibility index (Phi) is 6.15. The Morgan fingerprint density at radius 1 is 1.40 bits per heavy atom. The maximum absolute atomic E-state index is 13.0. The van der Waals surface area contributed by atoms with Crippen LogP contribution in [0.25, 0.3) is 0 Å². The molecule has 6 heteroatoms. The van der Waals surface area contributed by atoms with Crippen LogP contribution in [-0.4, -0.2) is 33.9 Å². The predicted octanol–water partition coefficient (Wildman–Crippen LogP) is 3.25. The highest BCUT2D eigenvalue weighted by Gasteiger charge is 2.29. The van der Waals surface area contributed by atoms with Crippen molar-refractivity contribution in [2.24, 2.45) is 0 Å². The maximum atomic E-state index is 13.0. The highest BCUT2D eigenvalue weighted by Crippen LogP contribution is 2.25. The summed E-state index contributed by atoms with van der Waals surface area (Å²) in [5.74, 6) is 0.0553. The standard InChI is InChI=1S/C19H26N4OS/c1-3-7-17-22-14(2)16(25-17)13-21-19(24)18(23-10-4-5-11-23)15-8-6-9-20-12-15/h6,8-9,12,18H,3-5,7,10-11,13H2,1-2H3,(H,21,24)/t18-/m1/s1. The summed E-state index contributed by atoms with van der Waals surface area (Å²) in [5.41, 5.74) is 2.00. The molecular weight excluding hydrogens is 332 g/mol. The van der Waals surface area contributed by atoms with E-state index in [1.165, 1.54) is 0 Å². The minimum Gasteiger partial charge on any atom is -0.349 e. The van der Waals surface area contributed by atoms with Crippen LogP contribution in [-0.2, 0) is 17.8 Å². The SMILES string of the molecule is CCCc1nc(C)c(CNC(=O)[C@@H](c2cccnc2)N2CCCC2)s1.